The summed E-state index contributed by atoms with van der Waals surface area (Å²) in [5, 5.41) is 11.4. The van der Waals surface area contributed by atoms with Gasteiger partial charge in [-0.2, -0.15) is 0 Å². The van der Waals surface area contributed by atoms with Gasteiger partial charge >= 0.3 is 5.97 Å². The quantitative estimate of drug-likeness (QED) is 0.627. The SMILES string of the molecule is CC(NC(=O)C(N)CCC(=O)O)C1CCOCC1. The monoisotopic (exact) mass is 258 g/mol. The Morgan fingerprint density at radius 1 is 1.44 bits per heavy atom. The molecule has 0 aromatic carbocycles. The Balaban J connectivity index is 2.31. The van der Waals surface area contributed by atoms with Crippen molar-refractivity contribution in [1.82, 2.24) is 5.32 Å². The zero-order chi connectivity index (χ0) is 13.5. The molecule has 0 bridgehead atoms. The molecule has 1 rings (SSSR count). The van der Waals surface area contributed by atoms with Crippen LogP contribution in [0.1, 0.15) is 32.6 Å². The lowest BCUT2D eigenvalue weighted by atomic mass is 9.92. The molecule has 0 aliphatic carbocycles. The van der Waals surface area contributed by atoms with Gasteiger partial charge in [0.15, 0.2) is 0 Å². The first-order valence-electron chi connectivity index (χ1n) is 6.36. The van der Waals surface area contributed by atoms with E-state index in [0.29, 0.717) is 5.92 Å². The molecule has 2 unspecified atom stereocenters. The molecule has 0 spiro atoms. The molecule has 1 heterocycles. The average molecular weight is 258 g/mol. The maximum Gasteiger partial charge on any atom is 0.303 e. The molecule has 1 saturated heterocycles. The van der Waals surface area contributed by atoms with Crippen molar-refractivity contribution in [3.05, 3.63) is 0 Å². The van der Waals surface area contributed by atoms with Crippen LogP contribution in [-0.2, 0) is 14.3 Å². The van der Waals surface area contributed by atoms with Crippen molar-refractivity contribution in [2.45, 2.75) is 44.7 Å². The van der Waals surface area contributed by atoms with Crippen molar-refractivity contribution in [2.75, 3.05) is 13.2 Å². The van der Waals surface area contributed by atoms with Gasteiger partial charge in [-0.25, -0.2) is 0 Å². The molecule has 0 saturated carbocycles. The highest BCUT2D eigenvalue weighted by atomic mass is 16.5. The highest BCUT2D eigenvalue weighted by Crippen LogP contribution is 2.18. The van der Waals surface area contributed by atoms with Crippen molar-refractivity contribution in [2.24, 2.45) is 11.7 Å². The largest absolute Gasteiger partial charge is 0.481 e. The normalized spacial score (nSPS) is 20.1. The van der Waals surface area contributed by atoms with E-state index in [1.165, 1.54) is 0 Å². The Morgan fingerprint density at radius 3 is 2.61 bits per heavy atom. The van der Waals surface area contributed by atoms with Crippen LogP contribution in [0, 0.1) is 5.92 Å². The van der Waals surface area contributed by atoms with Gasteiger partial charge in [-0.3, -0.25) is 9.59 Å². The Kier molecular flexibility index (Phi) is 6.07. The van der Waals surface area contributed by atoms with Crippen molar-refractivity contribution in [3.63, 3.8) is 0 Å². The summed E-state index contributed by atoms with van der Waals surface area (Å²) < 4.78 is 5.26. The first-order chi connectivity index (χ1) is 8.50. The van der Waals surface area contributed by atoms with E-state index >= 15 is 0 Å². The zero-order valence-electron chi connectivity index (χ0n) is 10.7. The molecule has 1 aliphatic heterocycles. The lowest BCUT2D eigenvalue weighted by Crippen LogP contribution is -2.47. The number of amides is 1. The minimum atomic E-state index is -0.935. The summed E-state index contributed by atoms with van der Waals surface area (Å²) >= 11 is 0. The van der Waals surface area contributed by atoms with Gasteiger partial charge in [0, 0.05) is 25.7 Å². The number of carboxylic acids is 1. The van der Waals surface area contributed by atoms with Gasteiger partial charge in [-0.15, -0.1) is 0 Å². The van der Waals surface area contributed by atoms with Crippen LogP contribution in [0.4, 0.5) is 0 Å². The van der Waals surface area contributed by atoms with Crippen molar-refractivity contribution in [3.8, 4) is 0 Å². The van der Waals surface area contributed by atoms with E-state index in [-0.39, 0.29) is 24.8 Å². The van der Waals surface area contributed by atoms with Gasteiger partial charge in [0.2, 0.25) is 5.91 Å². The fourth-order valence-corrected chi connectivity index (χ4v) is 2.08. The Hall–Kier alpha value is -1.14. The minimum Gasteiger partial charge on any atom is -0.481 e. The third kappa shape index (κ3) is 5.01. The van der Waals surface area contributed by atoms with Gasteiger partial charge in [0.1, 0.15) is 0 Å². The molecule has 2 atom stereocenters. The van der Waals surface area contributed by atoms with Crippen LogP contribution in [0.25, 0.3) is 0 Å². The van der Waals surface area contributed by atoms with Gasteiger partial charge in [-0.05, 0) is 32.1 Å². The van der Waals surface area contributed by atoms with Crippen molar-refractivity contribution in [1.29, 1.82) is 0 Å². The third-order valence-electron chi connectivity index (χ3n) is 3.35. The summed E-state index contributed by atoms with van der Waals surface area (Å²) in [4.78, 5) is 22.1. The summed E-state index contributed by atoms with van der Waals surface area (Å²) in [5.41, 5.74) is 5.64. The highest BCUT2D eigenvalue weighted by Gasteiger charge is 2.24. The lowest BCUT2D eigenvalue weighted by molar-refractivity contribution is -0.137. The van der Waals surface area contributed by atoms with Gasteiger partial charge in [0.25, 0.3) is 0 Å². The van der Waals surface area contributed by atoms with Crippen LogP contribution >= 0.6 is 0 Å². The molecule has 1 aliphatic rings. The molecule has 0 aromatic rings. The van der Waals surface area contributed by atoms with E-state index in [4.69, 9.17) is 15.6 Å². The molecule has 0 radical (unpaired) electrons. The average Bonchev–Trinajstić information content (AvgIpc) is 2.36. The van der Waals surface area contributed by atoms with Crippen LogP contribution in [-0.4, -0.2) is 42.3 Å². The van der Waals surface area contributed by atoms with Gasteiger partial charge in [-0.1, -0.05) is 0 Å². The number of nitrogens with one attached hydrogen (secondary N) is 1. The van der Waals surface area contributed by atoms with Crippen LogP contribution in [0.5, 0.6) is 0 Å². The molecule has 18 heavy (non-hydrogen) atoms. The Labute approximate surface area is 107 Å². The molecule has 6 nitrogen and oxygen atoms in total. The van der Waals surface area contributed by atoms with E-state index < -0.39 is 12.0 Å². The van der Waals surface area contributed by atoms with E-state index in [1.807, 2.05) is 6.92 Å². The second kappa shape index (κ2) is 7.33. The fraction of sp³-hybridized carbons (Fsp3) is 0.833. The smallest absolute Gasteiger partial charge is 0.303 e. The minimum absolute atomic E-state index is 0.0530. The third-order valence-corrected chi connectivity index (χ3v) is 3.35. The molecule has 6 heteroatoms. The molecule has 104 valence electrons. The number of carbonyl (C=O) groups excluding carboxylic acids is 1. The lowest BCUT2D eigenvalue weighted by Gasteiger charge is -2.29. The van der Waals surface area contributed by atoms with Gasteiger partial charge < -0.3 is 20.9 Å². The van der Waals surface area contributed by atoms with E-state index in [2.05, 4.69) is 5.32 Å². The number of nitrogens with two attached hydrogens (primary N) is 1. The molecule has 0 aromatic heterocycles. The van der Waals surface area contributed by atoms with Crippen LogP contribution in [0.3, 0.4) is 0 Å². The molecule has 1 amide bonds. The summed E-state index contributed by atoms with van der Waals surface area (Å²) in [6, 6.07) is -0.694. The molecule has 1 fully saturated rings. The Bertz CT molecular complexity index is 290. The molecule has 4 N–H and O–H groups in total. The van der Waals surface area contributed by atoms with Crippen LogP contribution < -0.4 is 11.1 Å². The topological polar surface area (TPSA) is 102 Å². The predicted octanol–water partition coefficient (Wildman–Crippen LogP) is 0.110. The first kappa shape index (κ1) is 14.9. The summed E-state index contributed by atoms with van der Waals surface area (Å²) in [6.07, 6.45) is 1.96. The Morgan fingerprint density at radius 2 is 2.06 bits per heavy atom. The summed E-state index contributed by atoms with van der Waals surface area (Å²) in [7, 11) is 0. The van der Waals surface area contributed by atoms with Crippen LogP contribution in [0.15, 0.2) is 0 Å². The fourth-order valence-electron chi connectivity index (χ4n) is 2.08. The molecular weight excluding hydrogens is 236 g/mol. The summed E-state index contributed by atoms with van der Waals surface area (Å²) in [6.45, 7) is 3.42. The second-order valence-corrected chi connectivity index (χ2v) is 4.79. The first-order valence-corrected chi connectivity index (χ1v) is 6.36. The predicted molar refractivity (Wildman–Crippen MR) is 66.0 cm³/mol. The van der Waals surface area contributed by atoms with E-state index in [0.717, 1.165) is 26.1 Å². The summed E-state index contributed by atoms with van der Waals surface area (Å²) in [5.74, 6) is -0.791. The number of ether oxygens (including phenoxy) is 1. The molecular formula is C12H22N2O4. The van der Waals surface area contributed by atoms with Crippen molar-refractivity contribution < 1.29 is 19.4 Å². The van der Waals surface area contributed by atoms with Crippen molar-refractivity contribution >= 4 is 11.9 Å². The number of hydrogen-bond donors (Lipinski definition) is 3. The maximum atomic E-state index is 11.7. The number of hydrogen-bond acceptors (Lipinski definition) is 4. The number of aliphatic carboxylic acids is 1. The second-order valence-electron chi connectivity index (χ2n) is 4.79. The zero-order valence-corrected chi connectivity index (χ0v) is 10.7. The number of carboxylic acid groups (broad SMARTS) is 1. The van der Waals surface area contributed by atoms with E-state index in [1.54, 1.807) is 0 Å². The maximum absolute atomic E-state index is 11.7. The van der Waals surface area contributed by atoms with E-state index in [9.17, 15) is 9.59 Å². The number of rotatable bonds is 6. The standard InChI is InChI=1S/C12H22N2O4/c1-8(9-4-6-18-7-5-9)14-12(17)10(13)2-3-11(15)16/h8-10H,2-7,13H2,1H3,(H,14,17)(H,15,16). The number of carbonyl (C=O) groups is 2. The van der Waals surface area contributed by atoms with Gasteiger partial charge in [0.05, 0.1) is 6.04 Å². The van der Waals surface area contributed by atoms with Crippen LogP contribution in [0.2, 0.25) is 0 Å². The highest BCUT2D eigenvalue weighted by molar-refractivity contribution is 5.82.